The molecule has 2 heterocycles. The molecule has 3 N–H and O–H groups in total. The van der Waals surface area contributed by atoms with E-state index in [1.54, 1.807) is 10.9 Å². The number of nitrogens with one attached hydrogen (secondary N) is 3. The average Bonchev–Trinajstić information content (AvgIpc) is 3.49. The Labute approximate surface area is 192 Å². The van der Waals surface area contributed by atoms with Crippen molar-refractivity contribution < 1.29 is 9.59 Å². The lowest BCUT2D eigenvalue weighted by molar-refractivity contribution is -0.136. The van der Waals surface area contributed by atoms with Crippen molar-refractivity contribution in [3.05, 3.63) is 89.7 Å². The van der Waals surface area contributed by atoms with Gasteiger partial charge in [-0.3, -0.25) is 14.7 Å². The normalized spacial score (nSPS) is 10.9. The molecule has 0 aliphatic carbocycles. The molecule has 4 aromatic rings. The Balaban J connectivity index is 1.38. The second-order valence-electron chi connectivity index (χ2n) is 8.06. The van der Waals surface area contributed by atoms with Crippen LogP contribution in [0.5, 0.6) is 0 Å². The van der Waals surface area contributed by atoms with Gasteiger partial charge in [0.05, 0.1) is 17.9 Å². The van der Waals surface area contributed by atoms with Crippen molar-refractivity contribution in [2.75, 3.05) is 5.32 Å². The molecule has 168 valence electrons. The van der Waals surface area contributed by atoms with E-state index in [-0.39, 0.29) is 12.5 Å². The molecule has 8 heteroatoms. The molecule has 8 nitrogen and oxygen atoms in total. The molecule has 0 saturated heterocycles. The molecule has 0 atom stereocenters. The van der Waals surface area contributed by atoms with Gasteiger partial charge < -0.3 is 10.6 Å². The quantitative estimate of drug-likeness (QED) is 0.380. The van der Waals surface area contributed by atoms with E-state index in [4.69, 9.17) is 0 Å². The fourth-order valence-corrected chi connectivity index (χ4v) is 3.35. The number of H-pyrrole nitrogens is 1. The van der Waals surface area contributed by atoms with Gasteiger partial charge >= 0.3 is 11.8 Å². The van der Waals surface area contributed by atoms with E-state index in [9.17, 15) is 9.59 Å². The van der Waals surface area contributed by atoms with Gasteiger partial charge in [-0.25, -0.2) is 4.68 Å². The number of amides is 2. The van der Waals surface area contributed by atoms with Gasteiger partial charge in [0.2, 0.25) is 0 Å². The molecule has 0 radical (unpaired) electrons. The first-order chi connectivity index (χ1) is 16.0. The molecule has 2 aromatic carbocycles. The van der Waals surface area contributed by atoms with Crippen molar-refractivity contribution in [3.63, 3.8) is 0 Å². The van der Waals surface area contributed by atoms with Gasteiger partial charge in [0.25, 0.3) is 0 Å². The number of carbonyl (C=O) groups is 2. The van der Waals surface area contributed by atoms with Crippen LogP contribution in [0.25, 0.3) is 11.3 Å². The largest absolute Gasteiger partial charge is 0.344 e. The van der Waals surface area contributed by atoms with Crippen molar-refractivity contribution in [1.82, 2.24) is 25.3 Å². The predicted octanol–water partition coefficient (Wildman–Crippen LogP) is 3.70. The molecular weight excluding hydrogens is 416 g/mol. The highest BCUT2D eigenvalue weighted by Crippen LogP contribution is 2.20. The molecule has 0 aliphatic heterocycles. The van der Waals surface area contributed by atoms with E-state index in [1.165, 1.54) is 0 Å². The highest BCUT2D eigenvalue weighted by Gasteiger charge is 2.18. The third-order valence-corrected chi connectivity index (χ3v) is 5.23. The van der Waals surface area contributed by atoms with E-state index in [2.05, 4.69) is 25.9 Å². The van der Waals surface area contributed by atoms with Crippen molar-refractivity contribution in [3.8, 4) is 11.3 Å². The molecule has 0 unspecified atom stereocenters. The Morgan fingerprint density at radius 2 is 1.73 bits per heavy atom. The molecule has 2 amide bonds. The van der Waals surface area contributed by atoms with Crippen LogP contribution >= 0.6 is 0 Å². The van der Waals surface area contributed by atoms with Crippen molar-refractivity contribution >= 4 is 17.6 Å². The van der Waals surface area contributed by atoms with Gasteiger partial charge in [0.15, 0.2) is 0 Å². The van der Waals surface area contributed by atoms with Crippen LogP contribution < -0.4 is 10.6 Å². The zero-order valence-electron chi connectivity index (χ0n) is 18.6. The molecular formula is C25H26N6O2. The average molecular weight is 443 g/mol. The van der Waals surface area contributed by atoms with Crippen LogP contribution in [0.1, 0.15) is 36.6 Å². The predicted molar refractivity (Wildman–Crippen MR) is 126 cm³/mol. The van der Waals surface area contributed by atoms with Gasteiger partial charge in [-0.2, -0.15) is 10.2 Å². The molecule has 0 spiro atoms. The second kappa shape index (κ2) is 9.95. The fourth-order valence-electron chi connectivity index (χ4n) is 3.35. The van der Waals surface area contributed by atoms with Crippen LogP contribution in [0.15, 0.2) is 72.9 Å². The fraction of sp³-hybridized carbons (Fsp3) is 0.200. The lowest BCUT2D eigenvalue weighted by Crippen LogP contribution is -2.35. The van der Waals surface area contributed by atoms with Gasteiger partial charge in [-0.1, -0.05) is 68.4 Å². The standard InChI is InChI=1S/C25H26N6O2/c1-17(2)22-14-23(31(30-22)16-19-6-4-3-5-7-19)28-25(33)24(32)26-15-18-8-10-20(11-9-18)21-12-13-27-29-21/h3-14,17H,15-16H2,1-2H3,(H,26,32)(H,27,29)(H,28,33). The van der Waals surface area contributed by atoms with Crippen LogP contribution in [-0.2, 0) is 22.7 Å². The first-order valence-electron chi connectivity index (χ1n) is 10.8. The number of aromatic amines is 1. The minimum absolute atomic E-state index is 0.191. The van der Waals surface area contributed by atoms with E-state index in [0.717, 1.165) is 28.1 Å². The number of carbonyl (C=O) groups excluding carboxylic acids is 2. The minimum atomic E-state index is -0.728. The number of aromatic nitrogens is 4. The Kier molecular flexibility index (Phi) is 6.64. The van der Waals surface area contributed by atoms with Gasteiger partial charge in [-0.15, -0.1) is 0 Å². The maximum atomic E-state index is 12.6. The molecule has 0 fully saturated rings. The minimum Gasteiger partial charge on any atom is -0.344 e. The summed E-state index contributed by atoms with van der Waals surface area (Å²) in [6.07, 6.45) is 1.69. The van der Waals surface area contributed by atoms with Crippen molar-refractivity contribution in [2.24, 2.45) is 0 Å². The maximum absolute atomic E-state index is 12.6. The molecule has 2 aromatic heterocycles. The topological polar surface area (TPSA) is 105 Å². The molecule has 4 rings (SSSR count). The first kappa shape index (κ1) is 22.0. The Morgan fingerprint density at radius 3 is 2.39 bits per heavy atom. The smallest absolute Gasteiger partial charge is 0.314 e. The number of hydrogen-bond acceptors (Lipinski definition) is 4. The molecule has 33 heavy (non-hydrogen) atoms. The Hall–Kier alpha value is -4.20. The number of nitrogens with zero attached hydrogens (tertiary/aromatic N) is 3. The summed E-state index contributed by atoms with van der Waals surface area (Å²) in [6, 6.07) is 21.2. The molecule has 0 bridgehead atoms. The van der Waals surface area contributed by atoms with E-state index in [0.29, 0.717) is 12.4 Å². The summed E-state index contributed by atoms with van der Waals surface area (Å²) in [4.78, 5) is 25.0. The van der Waals surface area contributed by atoms with E-state index in [1.807, 2.05) is 80.6 Å². The third-order valence-electron chi connectivity index (χ3n) is 5.23. The highest BCUT2D eigenvalue weighted by atomic mass is 16.2. The van der Waals surface area contributed by atoms with Crippen LogP contribution in [0.2, 0.25) is 0 Å². The Bertz CT molecular complexity index is 1210. The van der Waals surface area contributed by atoms with Crippen LogP contribution in [0.4, 0.5) is 5.82 Å². The Morgan fingerprint density at radius 1 is 0.970 bits per heavy atom. The maximum Gasteiger partial charge on any atom is 0.314 e. The number of benzene rings is 2. The highest BCUT2D eigenvalue weighted by molar-refractivity contribution is 6.39. The van der Waals surface area contributed by atoms with E-state index < -0.39 is 11.8 Å². The van der Waals surface area contributed by atoms with Crippen molar-refractivity contribution in [2.45, 2.75) is 32.9 Å². The summed E-state index contributed by atoms with van der Waals surface area (Å²) in [5.74, 6) is -0.748. The van der Waals surface area contributed by atoms with Crippen LogP contribution in [-0.4, -0.2) is 31.8 Å². The lowest BCUT2D eigenvalue weighted by atomic mass is 10.1. The van der Waals surface area contributed by atoms with E-state index >= 15 is 0 Å². The third kappa shape index (κ3) is 5.54. The summed E-state index contributed by atoms with van der Waals surface area (Å²) in [6.45, 7) is 4.81. The first-order valence-corrected chi connectivity index (χ1v) is 10.8. The molecule has 0 aliphatic rings. The second-order valence-corrected chi connectivity index (χ2v) is 8.06. The summed E-state index contributed by atoms with van der Waals surface area (Å²) in [7, 11) is 0. The number of hydrogen-bond donors (Lipinski definition) is 3. The van der Waals surface area contributed by atoms with Crippen LogP contribution in [0.3, 0.4) is 0 Å². The zero-order chi connectivity index (χ0) is 23.2. The van der Waals surface area contributed by atoms with Gasteiger partial charge in [0.1, 0.15) is 5.82 Å². The summed E-state index contributed by atoms with van der Waals surface area (Å²) >= 11 is 0. The van der Waals surface area contributed by atoms with Crippen LogP contribution in [0, 0.1) is 0 Å². The van der Waals surface area contributed by atoms with Crippen molar-refractivity contribution in [1.29, 1.82) is 0 Å². The number of anilines is 1. The SMILES string of the molecule is CC(C)c1cc(NC(=O)C(=O)NCc2ccc(-c3ccn[nH]3)cc2)n(Cc2ccccc2)n1. The lowest BCUT2D eigenvalue weighted by Gasteiger charge is -2.10. The number of rotatable bonds is 7. The molecule has 0 saturated carbocycles. The monoisotopic (exact) mass is 442 g/mol. The van der Waals surface area contributed by atoms with Gasteiger partial charge in [0, 0.05) is 18.8 Å². The van der Waals surface area contributed by atoms with Gasteiger partial charge in [-0.05, 0) is 28.7 Å². The zero-order valence-corrected chi connectivity index (χ0v) is 18.6. The summed E-state index contributed by atoms with van der Waals surface area (Å²) in [5.41, 5.74) is 4.69. The summed E-state index contributed by atoms with van der Waals surface area (Å²) in [5, 5.41) is 16.8. The summed E-state index contributed by atoms with van der Waals surface area (Å²) < 4.78 is 1.71.